The molecule has 1 aliphatic carbocycles. The Kier molecular flexibility index (Phi) is 9.76. The molecule has 228 valence electrons. The van der Waals surface area contributed by atoms with Gasteiger partial charge in [0, 0.05) is 24.7 Å². The van der Waals surface area contributed by atoms with Crippen LogP contribution < -0.4 is 14.8 Å². The van der Waals surface area contributed by atoms with Crippen LogP contribution in [0.5, 0.6) is 11.5 Å². The van der Waals surface area contributed by atoms with Gasteiger partial charge in [-0.1, -0.05) is 59.1 Å². The fraction of sp³-hybridized carbons (Fsp3) is 0.323. The van der Waals surface area contributed by atoms with Crippen molar-refractivity contribution in [3.63, 3.8) is 0 Å². The highest BCUT2D eigenvalue weighted by atomic mass is 35.5. The number of carbonyl (C=O) groups excluding carboxylic acids is 1. The molecule has 43 heavy (non-hydrogen) atoms. The zero-order chi connectivity index (χ0) is 30.7. The molecule has 1 aliphatic heterocycles. The topological polar surface area (TPSA) is 50.8 Å². The fourth-order valence-electron chi connectivity index (χ4n) is 4.96. The molecule has 1 heterocycles. The number of benzene rings is 3. The van der Waals surface area contributed by atoms with Crippen molar-refractivity contribution in [1.29, 1.82) is 0 Å². The highest BCUT2D eigenvalue weighted by Crippen LogP contribution is 2.39. The molecule has 1 N–H and O–H groups in total. The molecule has 12 heteroatoms. The summed E-state index contributed by atoms with van der Waals surface area (Å²) in [6.07, 6.45) is -2.41. The maximum absolute atomic E-state index is 13.9. The molecule has 1 saturated carbocycles. The van der Waals surface area contributed by atoms with E-state index in [2.05, 4.69) is 5.32 Å². The molecular formula is C31H27Cl3F4N2O3. The van der Waals surface area contributed by atoms with Crippen molar-refractivity contribution in [2.75, 3.05) is 26.3 Å². The quantitative estimate of drug-likeness (QED) is 0.176. The number of amides is 1. The van der Waals surface area contributed by atoms with Crippen LogP contribution in [0, 0.1) is 5.82 Å². The van der Waals surface area contributed by atoms with Gasteiger partial charge in [0.05, 0.1) is 20.6 Å². The van der Waals surface area contributed by atoms with Crippen LogP contribution in [0.15, 0.2) is 60.2 Å². The maximum atomic E-state index is 13.9. The molecule has 0 bridgehead atoms. The normalized spacial score (nSPS) is 15.4. The fourth-order valence-corrected chi connectivity index (χ4v) is 5.82. The lowest BCUT2D eigenvalue weighted by molar-refractivity contribution is -0.137. The predicted octanol–water partition coefficient (Wildman–Crippen LogP) is 8.20. The summed E-state index contributed by atoms with van der Waals surface area (Å²) in [6.45, 7) is 1.31. The first kappa shape index (κ1) is 31.4. The number of halogens is 7. The summed E-state index contributed by atoms with van der Waals surface area (Å²) < 4.78 is 65.0. The SMILES string of the molecule is O=C(C1=C(c2ccc(OCCOc3c(Cl)cc(F)cc3Cl)cc2)CCNC1)N(Cc1cccc(C(F)(F)F)c1Cl)C1CC1. The van der Waals surface area contributed by atoms with Crippen molar-refractivity contribution in [3.8, 4) is 11.5 Å². The van der Waals surface area contributed by atoms with E-state index in [1.807, 2.05) is 12.1 Å². The molecule has 0 unspecified atom stereocenters. The summed E-state index contributed by atoms with van der Waals surface area (Å²) in [7, 11) is 0. The van der Waals surface area contributed by atoms with Gasteiger partial charge >= 0.3 is 6.18 Å². The summed E-state index contributed by atoms with van der Waals surface area (Å²) in [5.74, 6) is -0.0271. The number of ether oxygens (including phenoxy) is 2. The van der Waals surface area contributed by atoms with Crippen LogP contribution in [0.2, 0.25) is 15.1 Å². The van der Waals surface area contributed by atoms with Crippen LogP contribution in [-0.4, -0.2) is 43.2 Å². The Labute approximate surface area is 261 Å². The van der Waals surface area contributed by atoms with Gasteiger partial charge in [0.25, 0.3) is 5.91 Å². The molecule has 5 nitrogen and oxygen atoms in total. The van der Waals surface area contributed by atoms with E-state index >= 15 is 0 Å². The largest absolute Gasteiger partial charge is 0.490 e. The van der Waals surface area contributed by atoms with Crippen LogP contribution >= 0.6 is 34.8 Å². The van der Waals surface area contributed by atoms with E-state index in [4.69, 9.17) is 44.3 Å². The molecule has 2 aliphatic rings. The Hall–Kier alpha value is -2.98. The van der Waals surface area contributed by atoms with Crippen molar-refractivity contribution < 1.29 is 31.8 Å². The van der Waals surface area contributed by atoms with E-state index in [0.29, 0.717) is 30.8 Å². The number of nitrogens with zero attached hydrogens (tertiary/aromatic N) is 1. The molecule has 1 amide bonds. The van der Waals surface area contributed by atoms with Crippen LogP contribution in [0.25, 0.3) is 5.57 Å². The van der Waals surface area contributed by atoms with Gasteiger partial charge in [0.2, 0.25) is 0 Å². The number of nitrogens with one attached hydrogen (secondary N) is 1. The molecule has 0 saturated heterocycles. The molecular weight excluding hydrogens is 631 g/mol. The average Bonchev–Trinajstić information content (AvgIpc) is 3.81. The lowest BCUT2D eigenvalue weighted by Gasteiger charge is -2.29. The monoisotopic (exact) mass is 656 g/mol. The molecule has 0 spiro atoms. The Morgan fingerprint density at radius 1 is 0.977 bits per heavy atom. The molecule has 0 radical (unpaired) electrons. The zero-order valence-corrected chi connectivity index (χ0v) is 25.0. The predicted molar refractivity (Wildman–Crippen MR) is 158 cm³/mol. The molecule has 0 atom stereocenters. The van der Waals surface area contributed by atoms with Crippen LogP contribution in [0.1, 0.15) is 36.0 Å². The van der Waals surface area contributed by atoms with E-state index < -0.39 is 17.6 Å². The zero-order valence-electron chi connectivity index (χ0n) is 22.7. The van der Waals surface area contributed by atoms with Crippen molar-refractivity contribution in [2.24, 2.45) is 0 Å². The first-order valence-electron chi connectivity index (χ1n) is 13.6. The molecule has 3 aromatic rings. The second-order valence-corrected chi connectivity index (χ2v) is 11.4. The van der Waals surface area contributed by atoms with Crippen LogP contribution in [-0.2, 0) is 17.5 Å². The smallest absolute Gasteiger partial charge is 0.417 e. The van der Waals surface area contributed by atoms with Gasteiger partial charge in [0.15, 0.2) is 5.75 Å². The van der Waals surface area contributed by atoms with Crippen molar-refractivity contribution in [2.45, 2.75) is 38.0 Å². The third kappa shape index (κ3) is 7.58. The number of carbonyl (C=O) groups is 1. The Morgan fingerprint density at radius 2 is 1.65 bits per heavy atom. The Bertz CT molecular complexity index is 1500. The molecule has 3 aromatic carbocycles. The van der Waals surface area contributed by atoms with Crippen molar-refractivity contribution in [3.05, 3.63) is 97.7 Å². The minimum absolute atomic E-state index is 0.00771. The van der Waals surface area contributed by atoms with Crippen molar-refractivity contribution in [1.82, 2.24) is 10.2 Å². The molecule has 5 rings (SSSR count). The number of hydrogen-bond donors (Lipinski definition) is 1. The number of hydrogen-bond acceptors (Lipinski definition) is 4. The van der Waals surface area contributed by atoms with E-state index in [0.717, 1.165) is 42.2 Å². The Morgan fingerprint density at radius 3 is 2.30 bits per heavy atom. The van der Waals surface area contributed by atoms with E-state index in [1.54, 1.807) is 17.0 Å². The van der Waals surface area contributed by atoms with Crippen LogP contribution in [0.4, 0.5) is 17.6 Å². The third-order valence-electron chi connectivity index (χ3n) is 7.21. The third-order valence-corrected chi connectivity index (χ3v) is 8.22. The Balaban J connectivity index is 1.28. The van der Waals surface area contributed by atoms with Crippen LogP contribution in [0.3, 0.4) is 0 Å². The summed E-state index contributed by atoms with van der Waals surface area (Å²) in [4.78, 5) is 15.5. The van der Waals surface area contributed by atoms with Gasteiger partial charge in [-0.25, -0.2) is 4.39 Å². The minimum atomic E-state index is -4.59. The second-order valence-electron chi connectivity index (χ2n) is 10.2. The summed E-state index contributed by atoms with van der Waals surface area (Å²) in [5.41, 5.74) is 1.66. The molecule has 1 fully saturated rings. The van der Waals surface area contributed by atoms with Gasteiger partial charge < -0.3 is 19.7 Å². The highest BCUT2D eigenvalue weighted by molar-refractivity contribution is 6.37. The van der Waals surface area contributed by atoms with Gasteiger partial charge in [-0.2, -0.15) is 13.2 Å². The van der Waals surface area contributed by atoms with E-state index in [-0.39, 0.29) is 58.1 Å². The van der Waals surface area contributed by atoms with Crippen molar-refractivity contribution >= 4 is 46.3 Å². The lowest BCUT2D eigenvalue weighted by atomic mass is 9.93. The first-order valence-corrected chi connectivity index (χ1v) is 14.7. The van der Waals surface area contributed by atoms with Gasteiger partial charge in [0.1, 0.15) is 24.8 Å². The molecule has 0 aromatic heterocycles. The summed E-state index contributed by atoms with van der Waals surface area (Å²) in [5, 5.41) is 2.99. The number of rotatable bonds is 10. The van der Waals surface area contributed by atoms with Gasteiger partial charge in [-0.05, 0) is 72.8 Å². The first-order chi connectivity index (χ1) is 20.5. The lowest BCUT2D eigenvalue weighted by Crippen LogP contribution is -2.39. The maximum Gasteiger partial charge on any atom is 0.417 e. The number of alkyl halides is 3. The van der Waals surface area contributed by atoms with E-state index in [1.165, 1.54) is 12.1 Å². The summed E-state index contributed by atoms with van der Waals surface area (Å²) in [6, 6.07) is 13.3. The van der Waals surface area contributed by atoms with Gasteiger partial charge in [-0.3, -0.25) is 4.79 Å². The highest BCUT2D eigenvalue weighted by Gasteiger charge is 2.38. The minimum Gasteiger partial charge on any atom is -0.490 e. The summed E-state index contributed by atoms with van der Waals surface area (Å²) >= 11 is 18.1. The standard InChI is InChI=1S/C31H27Cl3F4N2O3/c32-26-14-20(35)15-27(33)29(26)43-13-12-42-22-8-4-18(5-9-22)23-10-11-39-16-24(23)30(41)40(21-6-7-21)17-19-2-1-3-25(28(19)34)31(36,37)38/h1-5,8-9,14-15,21,39H,6-7,10-13,16-17H2. The van der Waals surface area contributed by atoms with E-state index in [9.17, 15) is 22.4 Å². The second kappa shape index (κ2) is 13.3. The average molecular weight is 658 g/mol. The van der Waals surface area contributed by atoms with Gasteiger partial charge in [-0.15, -0.1) is 0 Å².